The third kappa shape index (κ3) is 3.85. The zero-order valence-electron chi connectivity index (χ0n) is 16.5. The van der Waals surface area contributed by atoms with E-state index in [2.05, 4.69) is 6.07 Å². The molecule has 0 saturated carbocycles. The number of nitrogens with two attached hydrogens (primary N) is 1. The lowest BCUT2D eigenvalue weighted by molar-refractivity contribution is -0.139. The van der Waals surface area contributed by atoms with E-state index in [0.717, 1.165) is 11.1 Å². The number of carbonyl (C=O) groups excluding carboxylic acids is 1. The van der Waals surface area contributed by atoms with Crippen molar-refractivity contribution in [1.82, 2.24) is 0 Å². The number of nitriles is 1. The Bertz CT molecular complexity index is 1080. The number of esters is 1. The van der Waals surface area contributed by atoms with Crippen LogP contribution in [0.1, 0.15) is 30.9 Å². The molecule has 1 aliphatic heterocycles. The second kappa shape index (κ2) is 8.19. The van der Waals surface area contributed by atoms with Crippen molar-refractivity contribution in [1.29, 1.82) is 5.26 Å². The minimum absolute atomic E-state index is 0.0360. The zero-order valence-corrected chi connectivity index (χ0v) is 16.5. The highest BCUT2D eigenvalue weighted by Crippen LogP contribution is 2.40. The molecule has 5 nitrogen and oxygen atoms in total. The van der Waals surface area contributed by atoms with Gasteiger partial charge in [-0.15, -0.1) is 0 Å². The molecule has 0 amide bonds. The van der Waals surface area contributed by atoms with Gasteiger partial charge in [0.25, 0.3) is 0 Å². The molecule has 148 valence electrons. The lowest BCUT2D eigenvalue weighted by Crippen LogP contribution is -2.25. The van der Waals surface area contributed by atoms with Crippen LogP contribution in [0.3, 0.4) is 0 Å². The summed E-state index contributed by atoms with van der Waals surface area (Å²) in [6, 6.07) is 14.3. The summed E-state index contributed by atoms with van der Waals surface area (Å²) in [6.45, 7) is 5.22. The molecule has 2 aromatic carbocycles. The number of nitrogens with zero attached hydrogens (tertiary/aromatic N) is 1. The van der Waals surface area contributed by atoms with Gasteiger partial charge in [0.15, 0.2) is 0 Å². The van der Waals surface area contributed by atoms with Crippen LogP contribution in [0.15, 0.2) is 65.3 Å². The van der Waals surface area contributed by atoms with E-state index in [-0.39, 0.29) is 29.5 Å². The van der Waals surface area contributed by atoms with E-state index in [1.807, 2.05) is 24.3 Å². The van der Waals surface area contributed by atoms with Crippen LogP contribution in [0, 0.1) is 24.1 Å². The summed E-state index contributed by atoms with van der Waals surface area (Å²) in [5, 5.41) is 9.68. The minimum atomic E-state index is -0.714. The first-order valence-electron chi connectivity index (χ1n) is 9.19. The van der Waals surface area contributed by atoms with Crippen molar-refractivity contribution in [3.63, 3.8) is 0 Å². The number of allylic oxidation sites excluding steroid dienone is 2. The van der Waals surface area contributed by atoms with E-state index in [4.69, 9.17) is 15.2 Å². The van der Waals surface area contributed by atoms with Crippen LogP contribution < -0.4 is 5.73 Å². The maximum Gasteiger partial charge on any atom is 0.338 e. The van der Waals surface area contributed by atoms with Crippen LogP contribution in [-0.4, -0.2) is 12.6 Å². The Hall–Kier alpha value is -3.59. The standard InChI is InChI=1S/C23H21FN2O3/c1-4-28-23(27)20-14(3)29-22(26)18(12-25)21(20)17-7-5-6-15(11-17)16-8-9-19(24)13(2)10-16/h5-11,21H,4,26H2,1-3H3. The fourth-order valence-electron chi connectivity index (χ4n) is 3.41. The van der Waals surface area contributed by atoms with Gasteiger partial charge < -0.3 is 15.2 Å². The van der Waals surface area contributed by atoms with Crippen molar-refractivity contribution in [2.45, 2.75) is 26.7 Å². The second-order valence-corrected chi connectivity index (χ2v) is 6.70. The predicted octanol–water partition coefficient (Wildman–Crippen LogP) is 4.45. The largest absolute Gasteiger partial charge is 0.463 e. The number of carbonyl (C=O) groups is 1. The molecular weight excluding hydrogens is 371 g/mol. The number of aryl methyl sites for hydroxylation is 1. The summed E-state index contributed by atoms with van der Waals surface area (Å²) < 4.78 is 24.3. The van der Waals surface area contributed by atoms with Gasteiger partial charge in [-0.25, -0.2) is 9.18 Å². The summed E-state index contributed by atoms with van der Waals surface area (Å²) in [7, 11) is 0. The van der Waals surface area contributed by atoms with E-state index < -0.39 is 11.9 Å². The number of ether oxygens (including phenoxy) is 2. The maximum absolute atomic E-state index is 13.7. The van der Waals surface area contributed by atoms with Gasteiger partial charge in [0.1, 0.15) is 23.2 Å². The number of benzene rings is 2. The Kier molecular flexibility index (Phi) is 5.69. The number of rotatable bonds is 4. The Labute approximate surface area is 168 Å². The SMILES string of the molecule is CCOC(=O)C1=C(C)OC(N)=C(C#N)C1c1cccc(-c2ccc(F)c(C)c2)c1. The van der Waals surface area contributed by atoms with Gasteiger partial charge in [-0.05, 0) is 55.2 Å². The van der Waals surface area contributed by atoms with E-state index in [0.29, 0.717) is 16.9 Å². The molecule has 0 fully saturated rings. The van der Waals surface area contributed by atoms with Gasteiger partial charge in [-0.3, -0.25) is 0 Å². The third-order valence-corrected chi connectivity index (χ3v) is 4.81. The van der Waals surface area contributed by atoms with Gasteiger partial charge in [-0.2, -0.15) is 5.26 Å². The van der Waals surface area contributed by atoms with Crippen LogP contribution in [-0.2, 0) is 14.3 Å². The number of hydrogen-bond acceptors (Lipinski definition) is 5. The fourth-order valence-corrected chi connectivity index (χ4v) is 3.41. The first-order chi connectivity index (χ1) is 13.9. The topological polar surface area (TPSA) is 85.3 Å². The highest BCUT2D eigenvalue weighted by molar-refractivity contribution is 5.92. The molecule has 2 aromatic rings. The van der Waals surface area contributed by atoms with E-state index in [9.17, 15) is 14.4 Å². The quantitative estimate of drug-likeness (QED) is 0.777. The highest BCUT2D eigenvalue weighted by Gasteiger charge is 2.36. The van der Waals surface area contributed by atoms with Crippen molar-refractivity contribution in [3.05, 3.63) is 82.2 Å². The average molecular weight is 392 g/mol. The van der Waals surface area contributed by atoms with Gasteiger partial charge in [0.05, 0.1) is 18.1 Å². The minimum Gasteiger partial charge on any atom is -0.463 e. The first-order valence-corrected chi connectivity index (χ1v) is 9.19. The zero-order chi connectivity index (χ0) is 21.1. The summed E-state index contributed by atoms with van der Waals surface area (Å²) in [4.78, 5) is 12.6. The predicted molar refractivity (Wildman–Crippen MR) is 107 cm³/mol. The third-order valence-electron chi connectivity index (χ3n) is 4.81. The molecule has 1 heterocycles. The van der Waals surface area contributed by atoms with Crippen molar-refractivity contribution in [2.24, 2.45) is 5.73 Å². The van der Waals surface area contributed by atoms with Gasteiger partial charge in [-0.1, -0.05) is 30.3 Å². The molecule has 1 unspecified atom stereocenters. The molecule has 6 heteroatoms. The van der Waals surface area contributed by atoms with Crippen molar-refractivity contribution < 1.29 is 18.7 Å². The highest BCUT2D eigenvalue weighted by atomic mass is 19.1. The van der Waals surface area contributed by atoms with Crippen LogP contribution in [0.2, 0.25) is 0 Å². The lowest BCUT2D eigenvalue weighted by atomic mass is 9.82. The Balaban J connectivity index is 2.15. The molecule has 0 spiro atoms. The smallest absolute Gasteiger partial charge is 0.338 e. The summed E-state index contributed by atoms with van der Waals surface area (Å²) in [6.07, 6.45) is 0. The Morgan fingerprint density at radius 1 is 1.24 bits per heavy atom. The molecule has 3 rings (SSSR count). The Morgan fingerprint density at radius 3 is 2.62 bits per heavy atom. The summed E-state index contributed by atoms with van der Waals surface area (Å²) in [5.41, 5.74) is 9.20. The summed E-state index contributed by atoms with van der Waals surface area (Å²) in [5.74, 6) is -1.29. The molecule has 0 bridgehead atoms. The molecule has 0 saturated heterocycles. The number of halogens is 1. The van der Waals surface area contributed by atoms with E-state index >= 15 is 0 Å². The average Bonchev–Trinajstić information content (AvgIpc) is 2.69. The second-order valence-electron chi connectivity index (χ2n) is 6.70. The molecule has 1 atom stereocenters. The summed E-state index contributed by atoms with van der Waals surface area (Å²) >= 11 is 0. The molecular formula is C23H21FN2O3. The molecule has 0 aliphatic carbocycles. The molecule has 2 N–H and O–H groups in total. The van der Waals surface area contributed by atoms with Gasteiger partial charge >= 0.3 is 5.97 Å². The maximum atomic E-state index is 13.7. The van der Waals surface area contributed by atoms with Crippen molar-refractivity contribution >= 4 is 5.97 Å². The van der Waals surface area contributed by atoms with Crippen LogP contribution in [0.25, 0.3) is 11.1 Å². The van der Waals surface area contributed by atoms with Crippen LogP contribution in [0.5, 0.6) is 0 Å². The fraction of sp³-hybridized carbons (Fsp3) is 0.217. The molecule has 0 radical (unpaired) electrons. The monoisotopic (exact) mass is 392 g/mol. The van der Waals surface area contributed by atoms with Crippen molar-refractivity contribution in [2.75, 3.05) is 6.61 Å². The van der Waals surface area contributed by atoms with Crippen molar-refractivity contribution in [3.8, 4) is 17.2 Å². The molecule has 29 heavy (non-hydrogen) atoms. The molecule has 0 aromatic heterocycles. The van der Waals surface area contributed by atoms with Gasteiger partial charge in [0.2, 0.25) is 5.88 Å². The van der Waals surface area contributed by atoms with E-state index in [1.165, 1.54) is 6.07 Å². The molecule has 1 aliphatic rings. The van der Waals surface area contributed by atoms with Crippen LogP contribution in [0.4, 0.5) is 4.39 Å². The van der Waals surface area contributed by atoms with Gasteiger partial charge in [0, 0.05) is 0 Å². The first kappa shape index (κ1) is 20.2. The lowest BCUT2D eigenvalue weighted by Gasteiger charge is -2.27. The van der Waals surface area contributed by atoms with Crippen LogP contribution >= 0.6 is 0 Å². The Morgan fingerprint density at radius 2 is 1.97 bits per heavy atom. The normalized spacial score (nSPS) is 16.3. The number of hydrogen-bond donors (Lipinski definition) is 1. The van der Waals surface area contributed by atoms with E-state index in [1.54, 1.807) is 32.9 Å².